The van der Waals surface area contributed by atoms with Crippen molar-refractivity contribution in [1.82, 2.24) is 0 Å². The van der Waals surface area contributed by atoms with Crippen molar-refractivity contribution in [3.63, 3.8) is 0 Å². The lowest BCUT2D eigenvalue weighted by molar-refractivity contribution is -0.120. The number of rotatable bonds is 2. The highest BCUT2D eigenvalue weighted by molar-refractivity contribution is 9.10. The average Bonchev–Trinajstić information content (AvgIpc) is 2.90. The lowest BCUT2D eigenvalue weighted by atomic mass is 10.0. The number of amides is 1. The Hall–Kier alpha value is -0.830. The fraction of sp³-hybridized carbons (Fsp3) is 0.533. The summed E-state index contributed by atoms with van der Waals surface area (Å²) in [5.41, 5.74) is 3.27. The molecule has 2 nitrogen and oxygen atoms in total. The van der Waals surface area contributed by atoms with Crippen LogP contribution in [-0.2, 0) is 4.79 Å². The maximum Gasteiger partial charge on any atom is 0.227 e. The van der Waals surface area contributed by atoms with Crippen molar-refractivity contribution in [2.75, 3.05) is 5.32 Å². The lowest BCUT2D eigenvalue weighted by Crippen LogP contribution is -2.22. The summed E-state index contributed by atoms with van der Waals surface area (Å²) in [4.78, 5) is 12.2. The van der Waals surface area contributed by atoms with Gasteiger partial charge in [-0.15, -0.1) is 0 Å². The van der Waals surface area contributed by atoms with Gasteiger partial charge in [0, 0.05) is 10.4 Å². The Labute approximate surface area is 116 Å². The van der Waals surface area contributed by atoms with Crippen LogP contribution in [0.4, 0.5) is 5.69 Å². The van der Waals surface area contributed by atoms with Gasteiger partial charge in [-0.25, -0.2) is 0 Å². The predicted octanol–water partition coefficient (Wildman–Crippen LogP) is 4.05. The van der Waals surface area contributed by atoms with Crippen LogP contribution < -0.4 is 5.32 Å². The molecule has 2 unspecified atom stereocenters. The highest BCUT2D eigenvalue weighted by Gasteiger charge is 2.48. The van der Waals surface area contributed by atoms with Crippen LogP contribution in [0.3, 0.4) is 0 Å². The number of anilines is 1. The second-order valence-electron chi connectivity index (χ2n) is 5.85. The molecule has 0 aliphatic heterocycles. The van der Waals surface area contributed by atoms with Crippen molar-refractivity contribution in [2.24, 2.45) is 17.8 Å². The van der Waals surface area contributed by atoms with Crippen molar-refractivity contribution in [3.8, 4) is 0 Å². The second kappa shape index (κ2) is 4.37. The summed E-state index contributed by atoms with van der Waals surface area (Å²) >= 11 is 3.54. The quantitative estimate of drug-likeness (QED) is 0.877. The molecule has 3 rings (SSSR count). The first-order chi connectivity index (χ1) is 8.54. The standard InChI is InChI=1S/C15H18BrNO/c1-8-3-9(2)14(13(16)4-8)17-15(18)12-6-10-5-11(10)7-12/h3-4,10-12H,5-7H2,1-2H3,(H,17,18). The minimum absolute atomic E-state index is 0.204. The zero-order valence-corrected chi connectivity index (χ0v) is 12.4. The van der Waals surface area contributed by atoms with Crippen LogP contribution in [0.1, 0.15) is 30.4 Å². The molecular formula is C15H18BrNO. The molecule has 0 saturated heterocycles. The Morgan fingerprint density at radius 2 is 1.89 bits per heavy atom. The van der Waals surface area contributed by atoms with E-state index in [1.54, 1.807) is 0 Å². The minimum atomic E-state index is 0.204. The van der Waals surface area contributed by atoms with E-state index < -0.39 is 0 Å². The number of fused-ring (bicyclic) bond motifs is 1. The van der Waals surface area contributed by atoms with Gasteiger partial charge in [0.25, 0.3) is 0 Å². The van der Waals surface area contributed by atoms with Crippen molar-refractivity contribution in [3.05, 3.63) is 27.7 Å². The fourth-order valence-corrected chi connectivity index (χ4v) is 4.00. The lowest BCUT2D eigenvalue weighted by Gasteiger charge is -2.15. The number of carbonyl (C=O) groups excluding carboxylic acids is 1. The summed E-state index contributed by atoms with van der Waals surface area (Å²) in [6.07, 6.45) is 3.55. The molecular weight excluding hydrogens is 290 g/mol. The van der Waals surface area contributed by atoms with E-state index in [0.29, 0.717) is 0 Å². The maximum absolute atomic E-state index is 12.2. The topological polar surface area (TPSA) is 29.1 Å². The van der Waals surface area contributed by atoms with Crippen LogP contribution >= 0.6 is 15.9 Å². The molecule has 2 aliphatic rings. The molecule has 18 heavy (non-hydrogen) atoms. The summed E-state index contributed by atoms with van der Waals surface area (Å²) in [5.74, 6) is 2.14. The van der Waals surface area contributed by atoms with Gasteiger partial charge < -0.3 is 5.32 Å². The van der Waals surface area contributed by atoms with E-state index >= 15 is 0 Å². The zero-order chi connectivity index (χ0) is 12.9. The number of nitrogens with one attached hydrogen (secondary N) is 1. The van der Waals surface area contributed by atoms with Crippen LogP contribution in [0, 0.1) is 31.6 Å². The number of hydrogen-bond acceptors (Lipinski definition) is 1. The first-order valence-corrected chi connectivity index (χ1v) is 7.41. The summed E-state index contributed by atoms with van der Waals surface area (Å²) < 4.78 is 0.983. The monoisotopic (exact) mass is 307 g/mol. The summed E-state index contributed by atoms with van der Waals surface area (Å²) in [6, 6.07) is 4.15. The van der Waals surface area contributed by atoms with Crippen molar-refractivity contribution in [1.29, 1.82) is 0 Å². The van der Waals surface area contributed by atoms with Gasteiger partial charge in [0.15, 0.2) is 0 Å². The highest BCUT2D eigenvalue weighted by Crippen LogP contribution is 2.54. The molecule has 96 valence electrons. The van der Waals surface area contributed by atoms with E-state index in [1.165, 1.54) is 12.0 Å². The molecule has 1 amide bonds. The molecule has 3 heteroatoms. The molecule has 2 atom stereocenters. The third-order valence-electron chi connectivity index (χ3n) is 4.29. The van der Waals surface area contributed by atoms with Crippen LogP contribution in [0.25, 0.3) is 0 Å². The normalized spacial score (nSPS) is 28.9. The van der Waals surface area contributed by atoms with Crippen LogP contribution in [0.5, 0.6) is 0 Å². The molecule has 0 radical (unpaired) electrons. The Morgan fingerprint density at radius 1 is 1.22 bits per heavy atom. The molecule has 0 aromatic heterocycles. The largest absolute Gasteiger partial charge is 0.325 e. The molecule has 2 aliphatic carbocycles. The van der Waals surface area contributed by atoms with Crippen molar-refractivity contribution < 1.29 is 4.79 Å². The number of halogens is 1. The second-order valence-corrected chi connectivity index (χ2v) is 6.71. The maximum atomic E-state index is 12.2. The molecule has 0 bridgehead atoms. The number of aryl methyl sites for hydroxylation is 2. The third-order valence-corrected chi connectivity index (χ3v) is 4.92. The summed E-state index contributed by atoms with van der Waals surface area (Å²) in [5, 5.41) is 3.10. The molecule has 1 aromatic rings. The predicted molar refractivity (Wildman–Crippen MR) is 76.6 cm³/mol. The molecule has 1 aromatic carbocycles. The number of hydrogen-bond donors (Lipinski definition) is 1. The Morgan fingerprint density at radius 3 is 2.50 bits per heavy atom. The van der Waals surface area contributed by atoms with E-state index in [4.69, 9.17) is 0 Å². The zero-order valence-electron chi connectivity index (χ0n) is 10.8. The molecule has 0 spiro atoms. The van der Waals surface area contributed by atoms with Crippen LogP contribution in [-0.4, -0.2) is 5.91 Å². The molecule has 2 saturated carbocycles. The highest BCUT2D eigenvalue weighted by atomic mass is 79.9. The van der Waals surface area contributed by atoms with Gasteiger partial charge in [0.05, 0.1) is 5.69 Å². The smallest absolute Gasteiger partial charge is 0.227 e. The average molecular weight is 308 g/mol. The van der Waals surface area contributed by atoms with Gasteiger partial charge in [-0.1, -0.05) is 6.07 Å². The first kappa shape index (κ1) is 12.2. The first-order valence-electron chi connectivity index (χ1n) is 6.62. The van der Waals surface area contributed by atoms with Gasteiger partial charge in [0.1, 0.15) is 0 Å². The number of carbonyl (C=O) groups is 1. The van der Waals surface area contributed by atoms with E-state index in [9.17, 15) is 4.79 Å². The van der Waals surface area contributed by atoms with E-state index in [1.807, 2.05) is 6.92 Å². The third kappa shape index (κ3) is 2.20. The van der Waals surface area contributed by atoms with Crippen molar-refractivity contribution >= 4 is 27.5 Å². The van der Waals surface area contributed by atoms with Gasteiger partial charge >= 0.3 is 0 Å². The molecule has 1 N–H and O–H groups in total. The molecule has 0 heterocycles. The van der Waals surface area contributed by atoms with E-state index in [2.05, 4.69) is 40.3 Å². The summed E-state index contributed by atoms with van der Waals surface area (Å²) in [7, 11) is 0. The Balaban J connectivity index is 1.74. The number of benzene rings is 1. The van der Waals surface area contributed by atoms with Gasteiger partial charge in [-0.05, 0) is 78.1 Å². The Kier molecular flexibility index (Phi) is 2.97. The summed E-state index contributed by atoms with van der Waals surface area (Å²) in [6.45, 7) is 4.10. The minimum Gasteiger partial charge on any atom is -0.325 e. The van der Waals surface area contributed by atoms with Gasteiger partial charge in [-0.3, -0.25) is 4.79 Å². The van der Waals surface area contributed by atoms with E-state index in [-0.39, 0.29) is 11.8 Å². The van der Waals surface area contributed by atoms with Crippen LogP contribution in [0.2, 0.25) is 0 Å². The van der Waals surface area contributed by atoms with Crippen LogP contribution in [0.15, 0.2) is 16.6 Å². The van der Waals surface area contributed by atoms with Crippen molar-refractivity contribution in [2.45, 2.75) is 33.1 Å². The SMILES string of the molecule is Cc1cc(C)c(NC(=O)C2CC3CC3C2)c(Br)c1. The van der Waals surface area contributed by atoms with Gasteiger partial charge in [0.2, 0.25) is 5.91 Å². The molecule has 2 fully saturated rings. The fourth-order valence-electron chi connectivity index (χ4n) is 3.23. The van der Waals surface area contributed by atoms with Gasteiger partial charge in [-0.2, -0.15) is 0 Å². The Bertz CT molecular complexity index is 478. The van der Waals surface area contributed by atoms with E-state index in [0.717, 1.165) is 40.4 Å².